The van der Waals surface area contributed by atoms with Crippen LogP contribution in [-0.2, 0) is 15.0 Å². The molecule has 1 aromatic carbocycles. The van der Waals surface area contributed by atoms with E-state index in [1.54, 1.807) is 12.3 Å². The van der Waals surface area contributed by atoms with Gasteiger partial charge < -0.3 is 5.11 Å². The standard InChI is InChI=1S/C13H13N3O4S2/c1-8(13-14-4-5-21-13)9-2-3-10(11(17)6-9)16-7-12(18)15-22(16,19)20/h2-6,8,17H,7H2,1H3,(H,15,18). The molecule has 3 rings (SSSR count). The minimum absolute atomic E-state index is 0.0186. The second kappa shape index (κ2) is 5.25. The minimum Gasteiger partial charge on any atom is -0.506 e. The molecule has 2 heterocycles. The average molecular weight is 339 g/mol. The maximum absolute atomic E-state index is 11.8. The molecule has 1 unspecified atom stereocenters. The van der Waals surface area contributed by atoms with Crippen molar-refractivity contribution in [1.82, 2.24) is 9.71 Å². The Kier molecular flexibility index (Phi) is 3.53. The molecule has 22 heavy (non-hydrogen) atoms. The van der Waals surface area contributed by atoms with E-state index in [1.165, 1.54) is 23.5 Å². The Morgan fingerprint density at radius 3 is 2.77 bits per heavy atom. The lowest BCUT2D eigenvalue weighted by atomic mass is 10.0. The molecule has 1 saturated heterocycles. The lowest BCUT2D eigenvalue weighted by molar-refractivity contribution is -0.117. The molecule has 1 aromatic heterocycles. The number of thiazole rings is 1. The van der Waals surface area contributed by atoms with E-state index >= 15 is 0 Å². The van der Waals surface area contributed by atoms with Crippen LogP contribution < -0.4 is 9.03 Å². The number of anilines is 1. The van der Waals surface area contributed by atoms with E-state index in [-0.39, 0.29) is 23.9 Å². The first kappa shape index (κ1) is 14.8. The van der Waals surface area contributed by atoms with E-state index in [9.17, 15) is 18.3 Å². The Morgan fingerprint density at radius 2 is 2.23 bits per heavy atom. The van der Waals surface area contributed by atoms with Crippen LogP contribution in [0.25, 0.3) is 0 Å². The third-order valence-corrected chi connectivity index (χ3v) is 5.76. The van der Waals surface area contributed by atoms with Crippen molar-refractivity contribution in [2.75, 3.05) is 10.8 Å². The van der Waals surface area contributed by atoms with Gasteiger partial charge in [-0.2, -0.15) is 8.42 Å². The fourth-order valence-electron chi connectivity index (χ4n) is 2.27. The molecule has 0 saturated carbocycles. The number of nitrogens with one attached hydrogen (secondary N) is 1. The lowest BCUT2D eigenvalue weighted by Gasteiger charge is -2.18. The van der Waals surface area contributed by atoms with Gasteiger partial charge in [0, 0.05) is 17.5 Å². The molecule has 2 aromatic rings. The van der Waals surface area contributed by atoms with Gasteiger partial charge in [-0.15, -0.1) is 11.3 Å². The predicted octanol–water partition coefficient (Wildman–Crippen LogP) is 1.18. The van der Waals surface area contributed by atoms with Crippen LogP contribution in [0.5, 0.6) is 5.75 Å². The molecule has 0 aliphatic carbocycles. The number of carbonyl (C=O) groups excluding carboxylic acids is 1. The molecule has 0 radical (unpaired) electrons. The van der Waals surface area contributed by atoms with Crippen LogP contribution in [-0.4, -0.2) is 31.0 Å². The van der Waals surface area contributed by atoms with Gasteiger partial charge >= 0.3 is 10.2 Å². The number of carbonyl (C=O) groups is 1. The van der Waals surface area contributed by atoms with Crippen LogP contribution in [0.3, 0.4) is 0 Å². The number of nitrogens with zero attached hydrogens (tertiary/aromatic N) is 2. The van der Waals surface area contributed by atoms with Gasteiger partial charge in [0.25, 0.3) is 5.91 Å². The predicted molar refractivity (Wildman–Crippen MR) is 82.1 cm³/mol. The Morgan fingerprint density at radius 1 is 1.45 bits per heavy atom. The zero-order valence-corrected chi connectivity index (χ0v) is 13.2. The molecule has 0 spiro atoms. The fraction of sp³-hybridized carbons (Fsp3) is 0.231. The summed E-state index contributed by atoms with van der Waals surface area (Å²) in [5.74, 6) is -0.837. The number of benzene rings is 1. The normalized spacial score (nSPS) is 18.2. The van der Waals surface area contributed by atoms with Crippen LogP contribution in [0.15, 0.2) is 29.8 Å². The van der Waals surface area contributed by atoms with Gasteiger partial charge in [0.2, 0.25) is 0 Å². The van der Waals surface area contributed by atoms with Crippen LogP contribution in [0.4, 0.5) is 5.69 Å². The summed E-state index contributed by atoms with van der Waals surface area (Å²) in [6.07, 6.45) is 1.71. The van der Waals surface area contributed by atoms with Crippen molar-refractivity contribution in [2.45, 2.75) is 12.8 Å². The molecular weight excluding hydrogens is 326 g/mol. The summed E-state index contributed by atoms with van der Waals surface area (Å²) in [4.78, 5) is 15.5. The summed E-state index contributed by atoms with van der Waals surface area (Å²) in [7, 11) is -3.92. The Labute approximate surface area is 131 Å². The van der Waals surface area contributed by atoms with E-state index in [0.29, 0.717) is 0 Å². The number of rotatable bonds is 3. The molecule has 2 N–H and O–H groups in total. The van der Waals surface area contributed by atoms with Crippen LogP contribution in [0.2, 0.25) is 0 Å². The number of hydrogen-bond donors (Lipinski definition) is 2. The number of phenols is 1. The van der Waals surface area contributed by atoms with Crippen LogP contribution in [0.1, 0.15) is 23.4 Å². The number of aromatic nitrogens is 1. The fourth-order valence-corrected chi connectivity index (χ4v) is 4.16. The first-order chi connectivity index (χ1) is 10.4. The van der Waals surface area contributed by atoms with E-state index in [2.05, 4.69) is 4.98 Å². The van der Waals surface area contributed by atoms with Crippen molar-refractivity contribution in [3.63, 3.8) is 0 Å². The van der Waals surface area contributed by atoms with Crippen LogP contribution >= 0.6 is 11.3 Å². The Bertz CT molecular complexity index is 818. The summed E-state index contributed by atoms with van der Waals surface area (Å²) >= 11 is 1.51. The van der Waals surface area contributed by atoms with Gasteiger partial charge in [-0.1, -0.05) is 13.0 Å². The molecule has 1 aliphatic heterocycles. The Hall–Kier alpha value is -2.13. The largest absolute Gasteiger partial charge is 0.506 e. The smallest absolute Gasteiger partial charge is 0.326 e. The van der Waals surface area contributed by atoms with Crippen LogP contribution in [0, 0.1) is 0 Å². The second-order valence-electron chi connectivity index (χ2n) is 4.88. The van der Waals surface area contributed by atoms with E-state index < -0.39 is 16.1 Å². The molecule has 1 amide bonds. The summed E-state index contributed by atoms with van der Waals surface area (Å²) in [5.41, 5.74) is 0.889. The third-order valence-electron chi connectivity index (χ3n) is 3.41. The minimum atomic E-state index is -3.92. The van der Waals surface area contributed by atoms with E-state index in [0.717, 1.165) is 14.9 Å². The van der Waals surface area contributed by atoms with Gasteiger partial charge in [0.15, 0.2) is 0 Å². The molecular formula is C13H13N3O4S2. The first-order valence-electron chi connectivity index (χ1n) is 6.44. The van der Waals surface area contributed by atoms with Crippen molar-refractivity contribution in [2.24, 2.45) is 0 Å². The second-order valence-corrected chi connectivity index (χ2v) is 7.40. The Balaban J connectivity index is 1.95. The summed E-state index contributed by atoms with van der Waals surface area (Å²) < 4.78 is 26.3. The number of hydrogen-bond acceptors (Lipinski definition) is 6. The maximum Gasteiger partial charge on any atom is 0.326 e. The van der Waals surface area contributed by atoms with Crippen molar-refractivity contribution in [1.29, 1.82) is 0 Å². The lowest BCUT2D eigenvalue weighted by Crippen LogP contribution is -2.29. The highest BCUT2D eigenvalue weighted by Crippen LogP contribution is 2.35. The molecule has 0 bridgehead atoms. The van der Waals surface area contributed by atoms with E-state index in [4.69, 9.17) is 0 Å². The molecule has 9 heteroatoms. The highest BCUT2D eigenvalue weighted by Gasteiger charge is 2.35. The monoisotopic (exact) mass is 339 g/mol. The zero-order valence-electron chi connectivity index (χ0n) is 11.6. The van der Waals surface area contributed by atoms with Crippen molar-refractivity contribution in [3.05, 3.63) is 40.3 Å². The zero-order chi connectivity index (χ0) is 15.9. The van der Waals surface area contributed by atoms with Gasteiger partial charge in [0.1, 0.15) is 12.3 Å². The molecule has 1 fully saturated rings. The highest BCUT2D eigenvalue weighted by molar-refractivity contribution is 7.92. The number of phenolic OH excluding ortho intramolecular Hbond substituents is 1. The van der Waals surface area contributed by atoms with Gasteiger partial charge in [-0.05, 0) is 17.7 Å². The maximum atomic E-state index is 11.8. The summed E-state index contributed by atoms with van der Waals surface area (Å²) in [6, 6.07) is 4.71. The molecule has 116 valence electrons. The average Bonchev–Trinajstić information content (AvgIpc) is 3.05. The van der Waals surface area contributed by atoms with E-state index in [1.807, 2.05) is 17.0 Å². The SMILES string of the molecule is CC(c1ccc(N2CC(=O)NS2(=O)=O)c(O)c1)c1nccs1. The third kappa shape index (κ3) is 2.53. The number of amides is 1. The van der Waals surface area contributed by atoms with Gasteiger partial charge in [-0.25, -0.2) is 14.0 Å². The van der Waals surface area contributed by atoms with Crippen molar-refractivity contribution in [3.8, 4) is 5.75 Å². The quantitative estimate of drug-likeness (QED) is 0.875. The molecule has 1 atom stereocenters. The van der Waals surface area contributed by atoms with Crippen molar-refractivity contribution < 1.29 is 18.3 Å². The summed E-state index contributed by atoms with van der Waals surface area (Å²) in [6.45, 7) is 1.61. The van der Waals surface area contributed by atoms with Gasteiger partial charge in [0.05, 0.1) is 10.7 Å². The first-order valence-corrected chi connectivity index (χ1v) is 8.76. The topological polar surface area (TPSA) is 99.6 Å². The summed E-state index contributed by atoms with van der Waals surface area (Å²) in [5, 5.41) is 12.9. The molecule has 1 aliphatic rings. The highest BCUT2D eigenvalue weighted by atomic mass is 32.2. The van der Waals surface area contributed by atoms with Crippen molar-refractivity contribution >= 4 is 33.1 Å². The number of aromatic hydroxyl groups is 1. The molecule has 7 nitrogen and oxygen atoms in total. The van der Waals surface area contributed by atoms with Gasteiger partial charge in [-0.3, -0.25) is 4.79 Å².